The summed E-state index contributed by atoms with van der Waals surface area (Å²) in [6.07, 6.45) is 1.11. The SMILES string of the molecule is CC(C)C(S)OC(=O)C(N)CCCN=C(N)N. The maximum absolute atomic E-state index is 11.5. The van der Waals surface area contributed by atoms with Crippen molar-refractivity contribution in [2.45, 2.75) is 38.2 Å². The minimum Gasteiger partial charge on any atom is -0.450 e. The van der Waals surface area contributed by atoms with Gasteiger partial charge < -0.3 is 21.9 Å². The molecule has 0 saturated carbocycles. The molecule has 0 radical (unpaired) electrons. The Kier molecular flexibility index (Phi) is 7.73. The summed E-state index contributed by atoms with van der Waals surface area (Å²) in [5, 5.41) is 0. The quantitative estimate of drug-likeness (QED) is 0.127. The van der Waals surface area contributed by atoms with Gasteiger partial charge >= 0.3 is 5.97 Å². The van der Waals surface area contributed by atoms with Crippen molar-refractivity contribution in [2.24, 2.45) is 28.1 Å². The minimum atomic E-state index is -0.655. The van der Waals surface area contributed by atoms with Gasteiger partial charge in [-0.1, -0.05) is 13.8 Å². The van der Waals surface area contributed by atoms with Gasteiger partial charge in [0.25, 0.3) is 0 Å². The lowest BCUT2D eigenvalue weighted by Gasteiger charge is -2.18. The smallest absolute Gasteiger partial charge is 0.324 e. The topological polar surface area (TPSA) is 117 Å². The van der Waals surface area contributed by atoms with Crippen LogP contribution in [0.5, 0.6) is 0 Å². The molecule has 0 aliphatic heterocycles. The second-order valence-electron chi connectivity index (χ2n) is 4.13. The Morgan fingerprint density at radius 2 is 2.00 bits per heavy atom. The van der Waals surface area contributed by atoms with Gasteiger partial charge in [-0.3, -0.25) is 9.79 Å². The number of hydrogen-bond acceptors (Lipinski definition) is 5. The van der Waals surface area contributed by atoms with Gasteiger partial charge in [0.05, 0.1) is 0 Å². The Balaban J connectivity index is 3.86. The molecule has 0 amide bonds. The van der Waals surface area contributed by atoms with Crippen LogP contribution in [0.1, 0.15) is 26.7 Å². The lowest BCUT2D eigenvalue weighted by Crippen LogP contribution is -2.35. The molecule has 0 saturated heterocycles. The van der Waals surface area contributed by atoms with Crippen molar-refractivity contribution in [2.75, 3.05) is 6.54 Å². The molecule has 100 valence electrons. The van der Waals surface area contributed by atoms with E-state index in [-0.39, 0.29) is 11.9 Å². The molecule has 0 spiro atoms. The molecule has 17 heavy (non-hydrogen) atoms. The van der Waals surface area contributed by atoms with Crippen molar-refractivity contribution >= 4 is 24.6 Å². The number of thiol groups is 1. The van der Waals surface area contributed by atoms with Crippen LogP contribution in [0.4, 0.5) is 0 Å². The second-order valence-corrected chi connectivity index (χ2v) is 4.64. The molecular weight excluding hydrogens is 240 g/mol. The van der Waals surface area contributed by atoms with E-state index >= 15 is 0 Å². The molecule has 0 rings (SSSR count). The van der Waals surface area contributed by atoms with Crippen LogP contribution in [0.25, 0.3) is 0 Å². The summed E-state index contributed by atoms with van der Waals surface area (Å²) in [5.74, 6) is -0.254. The number of hydrogen-bond donors (Lipinski definition) is 4. The summed E-state index contributed by atoms with van der Waals surface area (Å²) in [5.41, 5.74) is 15.6. The Bertz CT molecular complexity index is 267. The van der Waals surface area contributed by atoms with E-state index in [0.29, 0.717) is 19.4 Å². The summed E-state index contributed by atoms with van der Waals surface area (Å²) in [7, 11) is 0. The Morgan fingerprint density at radius 1 is 1.41 bits per heavy atom. The number of ether oxygens (including phenoxy) is 1. The van der Waals surface area contributed by atoms with E-state index < -0.39 is 17.4 Å². The van der Waals surface area contributed by atoms with Crippen LogP contribution in [0, 0.1) is 5.92 Å². The fraction of sp³-hybridized carbons (Fsp3) is 0.800. The van der Waals surface area contributed by atoms with Gasteiger partial charge in [-0.2, -0.15) is 0 Å². The molecule has 0 aromatic heterocycles. The van der Waals surface area contributed by atoms with Crippen LogP contribution in [0.15, 0.2) is 4.99 Å². The Hall–Kier alpha value is -0.950. The van der Waals surface area contributed by atoms with Crippen molar-refractivity contribution < 1.29 is 9.53 Å². The highest BCUT2D eigenvalue weighted by Crippen LogP contribution is 2.11. The molecule has 0 bridgehead atoms. The van der Waals surface area contributed by atoms with Gasteiger partial charge in [0.1, 0.15) is 11.5 Å². The van der Waals surface area contributed by atoms with Crippen molar-refractivity contribution in [3.05, 3.63) is 0 Å². The van der Waals surface area contributed by atoms with Crippen molar-refractivity contribution in [3.8, 4) is 0 Å². The third kappa shape index (κ3) is 7.87. The molecule has 0 aromatic rings. The summed E-state index contributed by atoms with van der Waals surface area (Å²) in [6.45, 7) is 4.28. The normalized spacial score (nSPS) is 14.2. The number of rotatable bonds is 7. The first-order valence-corrected chi connectivity index (χ1v) is 6.05. The predicted octanol–water partition coefficient (Wildman–Crippen LogP) is -0.178. The van der Waals surface area contributed by atoms with Crippen molar-refractivity contribution in [1.82, 2.24) is 0 Å². The van der Waals surface area contributed by atoms with E-state index in [1.165, 1.54) is 0 Å². The zero-order valence-electron chi connectivity index (χ0n) is 10.3. The first-order chi connectivity index (χ1) is 7.84. The monoisotopic (exact) mass is 262 g/mol. The van der Waals surface area contributed by atoms with E-state index in [1.807, 2.05) is 13.8 Å². The lowest BCUT2D eigenvalue weighted by atomic mass is 10.1. The number of carbonyl (C=O) groups excluding carboxylic acids is 1. The molecule has 7 heteroatoms. The maximum atomic E-state index is 11.5. The molecule has 2 unspecified atom stereocenters. The van der Waals surface area contributed by atoms with Gasteiger partial charge in [0.15, 0.2) is 5.96 Å². The second kappa shape index (κ2) is 8.19. The molecular formula is C10H22N4O2S. The molecule has 0 aliphatic rings. The number of esters is 1. The third-order valence-corrected chi connectivity index (χ3v) is 2.78. The molecule has 0 aromatic carbocycles. The van der Waals surface area contributed by atoms with Crippen LogP contribution in [-0.2, 0) is 9.53 Å². The Labute approximate surface area is 107 Å². The van der Waals surface area contributed by atoms with E-state index in [4.69, 9.17) is 21.9 Å². The molecule has 0 aliphatic carbocycles. The van der Waals surface area contributed by atoms with Gasteiger partial charge in [-0.05, 0) is 18.8 Å². The van der Waals surface area contributed by atoms with Gasteiger partial charge in [0, 0.05) is 6.54 Å². The zero-order valence-corrected chi connectivity index (χ0v) is 11.2. The molecule has 2 atom stereocenters. The number of guanidine groups is 1. The summed E-state index contributed by atoms with van der Waals surface area (Å²) in [4.78, 5) is 15.3. The maximum Gasteiger partial charge on any atom is 0.324 e. The number of nitrogens with zero attached hydrogens (tertiary/aromatic N) is 1. The van der Waals surface area contributed by atoms with Crippen LogP contribution in [-0.4, -0.2) is 30.0 Å². The summed E-state index contributed by atoms with van der Waals surface area (Å²) >= 11 is 4.14. The first-order valence-electron chi connectivity index (χ1n) is 5.54. The van der Waals surface area contributed by atoms with Crippen LogP contribution >= 0.6 is 12.6 Å². The van der Waals surface area contributed by atoms with Gasteiger partial charge in [-0.15, -0.1) is 12.6 Å². The minimum absolute atomic E-state index is 0.0383. The van der Waals surface area contributed by atoms with Crippen LogP contribution < -0.4 is 17.2 Å². The van der Waals surface area contributed by atoms with Gasteiger partial charge in [-0.25, -0.2) is 0 Å². The fourth-order valence-corrected chi connectivity index (χ4v) is 1.08. The van der Waals surface area contributed by atoms with E-state index in [9.17, 15) is 4.79 Å². The van der Waals surface area contributed by atoms with Crippen LogP contribution in [0.2, 0.25) is 0 Å². The van der Waals surface area contributed by atoms with E-state index in [0.717, 1.165) is 0 Å². The number of nitrogens with two attached hydrogens (primary N) is 3. The summed E-state index contributed by atoms with van der Waals surface area (Å²) in [6, 6.07) is -0.655. The molecule has 0 heterocycles. The Morgan fingerprint density at radius 3 is 2.47 bits per heavy atom. The average molecular weight is 262 g/mol. The van der Waals surface area contributed by atoms with Crippen molar-refractivity contribution in [3.63, 3.8) is 0 Å². The number of carbonyl (C=O) groups is 1. The highest BCUT2D eigenvalue weighted by atomic mass is 32.1. The number of aliphatic imine (C=N–C) groups is 1. The highest BCUT2D eigenvalue weighted by Gasteiger charge is 2.19. The van der Waals surface area contributed by atoms with Gasteiger partial charge in [0.2, 0.25) is 0 Å². The zero-order chi connectivity index (χ0) is 13.4. The van der Waals surface area contributed by atoms with E-state index in [2.05, 4.69) is 17.6 Å². The predicted molar refractivity (Wildman–Crippen MR) is 71.6 cm³/mol. The fourth-order valence-electron chi connectivity index (χ4n) is 0.980. The molecule has 6 nitrogen and oxygen atoms in total. The van der Waals surface area contributed by atoms with Crippen LogP contribution in [0.3, 0.4) is 0 Å². The van der Waals surface area contributed by atoms with Crippen molar-refractivity contribution in [1.29, 1.82) is 0 Å². The molecule has 6 N–H and O–H groups in total. The largest absolute Gasteiger partial charge is 0.450 e. The average Bonchev–Trinajstić information content (AvgIpc) is 2.23. The molecule has 0 fully saturated rings. The standard InChI is InChI=1S/C10H22N4O2S/c1-6(2)9(17)16-8(15)7(11)4-3-5-14-10(12)13/h6-7,9,17H,3-5,11H2,1-2H3,(H4,12,13,14). The lowest BCUT2D eigenvalue weighted by molar-refractivity contribution is -0.148. The third-order valence-electron chi connectivity index (χ3n) is 2.08. The first kappa shape index (κ1) is 16.1. The highest BCUT2D eigenvalue weighted by molar-refractivity contribution is 7.80. The summed E-state index contributed by atoms with van der Waals surface area (Å²) < 4.78 is 5.07. The van der Waals surface area contributed by atoms with E-state index in [1.54, 1.807) is 0 Å².